The molecule has 2 aromatic rings. The van der Waals surface area contributed by atoms with E-state index in [0.29, 0.717) is 18.2 Å². The second kappa shape index (κ2) is 5.85. The summed E-state index contributed by atoms with van der Waals surface area (Å²) in [5.41, 5.74) is 0.519. The Morgan fingerprint density at radius 3 is 3.13 bits per heavy atom. The van der Waals surface area contributed by atoms with Crippen LogP contribution in [-0.2, 0) is 15.9 Å². The molecule has 0 aromatic carbocycles. The number of hydrogen-bond donors (Lipinski definition) is 0. The fourth-order valence-corrected chi connectivity index (χ4v) is 4.14. The highest BCUT2D eigenvalue weighted by Crippen LogP contribution is 2.31. The van der Waals surface area contributed by atoms with Gasteiger partial charge in [-0.1, -0.05) is 24.7 Å². The van der Waals surface area contributed by atoms with Crippen LogP contribution in [0.15, 0.2) is 10.9 Å². The van der Waals surface area contributed by atoms with Crippen LogP contribution in [0, 0.1) is 0 Å². The standard InChI is InChI=1S/C15H20N4O3S/c1-2-3-11-8-12(20)19-13(16-11)23-14(17-19)18-5-7-22-15(9-18)4-6-21-10-15/h8H,2-7,9-10H2,1H3. The van der Waals surface area contributed by atoms with E-state index in [4.69, 9.17) is 9.47 Å². The van der Waals surface area contributed by atoms with Gasteiger partial charge in [0.1, 0.15) is 5.60 Å². The van der Waals surface area contributed by atoms with Crippen LogP contribution < -0.4 is 10.5 Å². The highest BCUT2D eigenvalue weighted by atomic mass is 32.1. The van der Waals surface area contributed by atoms with Gasteiger partial charge in [0.25, 0.3) is 5.56 Å². The maximum absolute atomic E-state index is 12.2. The topological polar surface area (TPSA) is 69.0 Å². The fourth-order valence-electron chi connectivity index (χ4n) is 3.19. The predicted octanol–water partition coefficient (Wildman–Crippen LogP) is 1.10. The number of aromatic nitrogens is 3. The van der Waals surface area contributed by atoms with Gasteiger partial charge in [0, 0.05) is 31.3 Å². The van der Waals surface area contributed by atoms with E-state index in [9.17, 15) is 4.79 Å². The molecule has 4 rings (SSSR count). The summed E-state index contributed by atoms with van der Waals surface area (Å²) < 4.78 is 12.9. The van der Waals surface area contributed by atoms with E-state index in [0.717, 1.165) is 49.8 Å². The number of rotatable bonds is 3. The van der Waals surface area contributed by atoms with Gasteiger partial charge in [0.2, 0.25) is 10.1 Å². The van der Waals surface area contributed by atoms with E-state index in [-0.39, 0.29) is 11.2 Å². The number of aryl methyl sites for hydroxylation is 1. The summed E-state index contributed by atoms with van der Waals surface area (Å²) in [4.78, 5) is 19.6. The largest absolute Gasteiger partial charge is 0.378 e. The zero-order valence-electron chi connectivity index (χ0n) is 13.2. The maximum atomic E-state index is 12.2. The molecule has 2 saturated heterocycles. The molecular formula is C15H20N4O3S. The fraction of sp³-hybridized carbons (Fsp3) is 0.667. The molecule has 1 atom stereocenters. The minimum atomic E-state index is -0.220. The number of ether oxygens (including phenoxy) is 2. The van der Waals surface area contributed by atoms with Gasteiger partial charge in [-0.15, -0.1) is 5.10 Å². The highest BCUT2D eigenvalue weighted by Gasteiger charge is 2.41. The quantitative estimate of drug-likeness (QED) is 0.836. The van der Waals surface area contributed by atoms with Crippen molar-refractivity contribution in [3.8, 4) is 0 Å². The molecule has 7 nitrogen and oxygen atoms in total. The Bertz CT molecular complexity index is 766. The van der Waals surface area contributed by atoms with Gasteiger partial charge in [0.05, 0.1) is 19.8 Å². The van der Waals surface area contributed by atoms with Crippen LogP contribution in [0.1, 0.15) is 25.5 Å². The molecule has 8 heteroatoms. The first-order valence-corrected chi connectivity index (χ1v) is 8.87. The molecule has 0 bridgehead atoms. The first-order valence-electron chi connectivity index (χ1n) is 8.06. The normalized spacial score (nSPS) is 24.8. The first kappa shape index (κ1) is 15.0. The van der Waals surface area contributed by atoms with E-state index in [1.165, 1.54) is 15.9 Å². The lowest BCUT2D eigenvalue weighted by molar-refractivity contribution is -0.0579. The molecule has 0 N–H and O–H groups in total. The number of hydrogen-bond acceptors (Lipinski definition) is 7. The van der Waals surface area contributed by atoms with Gasteiger partial charge in [-0.25, -0.2) is 4.98 Å². The van der Waals surface area contributed by atoms with Gasteiger partial charge in [-0.05, 0) is 6.42 Å². The van der Waals surface area contributed by atoms with Crippen molar-refractivity contribution >= 4 is 21.4 Å². The predicted molar refractivity (Wildman–Crippen MR) is 87.5 cm³/mol. The summed E-state index contributed by atoms with van der Waals surface area (Å²) in [6, 6.07) is 1.59. The van der Waals surface area contributed by atoms with Crippen LogP contribution in [0.25, 0.3) is 4.96 Å². The SMILES string of the molecule is CCCc1cc(=O)n2nc(N3CCOC4(CCOC4)C3)sc2n1. The average molecular weight is 336 g/mol. The van der Waals surface area contributed by atoms with Gasteiger partial charge in [0.15, 0.2) is 0 Å². The van der Waals surface area contributed by atoms with Gasteiger partial charge in [-0.2, -0.15) is 4.52 Å². The Hall–Kier alpha value is -1.51. The Morgan fingerprint density at radius 2 is 2.35 bits per heavy atom. The number of morpholine rings is 1. The summed E-state index contributed by atoms with van der Waals surface area (Å²) >= 11 is 1.47. The van der Waals surface area contributed by atoms with Crippen LogP contribution in [0.2, 0.25) is 0 Å². The lowest BCUT2D eigenvalue weighted by atomic mass is 10.0. The average Bonchev–Trinajstić information content (AvgIpc) is 3.15. The van der Waals surface area contributed by atoms with Crippen LogP contribution in [0.5, 0.6) is 0 Å². The third kappa shape index (κ3) is 2.75. The summed E-state index contributed by atoms with van der Waals surface area (Å²) in [6.07, 6.45) is 2.70. The maximum Gasteiger partial charge on any atom is 0.275 e. The summed E-state index contributed by atoms with van der Waals surface area (Å²) in [7, 11) is 0. The molecule has 0 aliphatic carbocycles. The molecule has 2 aliphatic rings. The van der Waals surface area contributed by atoms with Crippen LogP contribution in [0.3, 0.4) is 0 Å². The molecule has 2 aliphatic heterocycles. The lowest BCUT2D eigenvalue weighted by Crippen LogP contribution is -2.52. The third-order valence-corrected chi connectivity index (χ3v) is 5.35. The Kier molecular flexibility index (Phi) is 3.82. The second-order valence-corrected chi connectivity index (χ2v) is 7.10. The molecule has 0 radical (unpaired) electrons. The van der Waals surface area contributed by atoms with Crippen molar-refractivity contribution in [1.29, 1.82) is 0 Å². The summed E-state index contributed by atoms with van der Waals surface area (Å²) in [6.45, 7) is 5.64. The van der Waals surface area contributed by atoms with Crippen LogP contribution in [0.4, 0.5) is 5.13 Å². The molecule has 1 spiro atoms. The van der Waals surface area contributed by atoms with E-state index < -0.39 is 0 Å². The van der Waals surface area contributed by atoms with Crippen molar-refractivity contribution in [3.63, 3.8) is 0 Å². The van der Waals surface area contributed by atoms with Crippen molar-refractivity contribution in [3.05, 3.63) is 22.1 Å². The Labute approximate surface area is 137 Å². The Morgan fingerprint density at radius 1 is 1.43 bits per heavy atom. The molecule has 1 unspecified atom stereocenters. The molecule has 23 heavy (non-hydrogen) atoms. The van der Waals surface area contributed by atoms with E-state index >= 15 is 0 Å². The monoisotopic (exact) mass is 336 g/mol. The first-order chi connectivity index (χ1) is 11.2. The van der Waals surface area contributed by atoms with Gasteiger partial charge >= 0.3 is 0 Å². The number of anilines is 1. The summed E-state index contributed by atoms with van der Waals surface area (Å²) in [5, 5.41) is 5.31. The smallest absolute Gasteiger partial charge is 0.275 e. The minimum Gasteiger partial charge on any atom is -0.378 e. The van der Waals surface area contributed by atoms with Gasteiger partial charge < -0.3 is 14.4 Å². The molecule has 0 amide bonds. The highest BCUT2D eigenvalue weighted by molar-refractivity contribution is 7.20. The lowest BCUT2D eigenvalue weighted by Gasteiger charge is -2.39. The van der Waals surface area contributed by atoms with Crippen molar-refractivity contribution in [2.24, 2.45) is 0 Å². The van der Waals surface area contributed by atoms with E-state index in [2.05, 4.69) is 21.9 Å². The van der Waals surface area contributed by atoms with Crippen LogP contribution >= 0.6 is 11.3 Å². The number of fused-ring (bicyclic) bond motifs is 1. The van der Waals surface area contributed by atoms with Crippen molar-refractivity contribution < 1.29 is 9.47 Å². The summed E-state index contributed by atoms with van der Waals surface area (Å²) in [5.74, 6) is 0. The third-order valence-electron chi connectivity index (χ3n) is 4.38. The van der Waals surface area contributed by atoms with E-state index in [1.54, 1.807) is 6.07 Å². The zero-order chi connectivity index (χ0) is 15.9. The Balaban J connectivity index is 1.66. The molecular weight excluding hydrogens is 316 g/mol. The molecule has 124 valence electrons. The minimum absolute atomic E-state index is 0.104. The molecule has 4 heterocycles. The molecule has 2 aromatic heterocycles. The molecule has 0 saturated carbocycles. The van der Waals surface area contributed by atoms with E-state index in [1.807, 2.05) is 0 Å². The van der Waals surface area contributed by atoms with Crippen molar-refractivity contribution in [2.45, 2.75) is 31.8 Å². The van der Waals surface area contributed by atoms with Crippen LogP contribution in [-0.4, -0.2) is 53.1 Å². The number of nitrogens with zero attached hydrogens (tertiary/aromatic N) is 4. The van der Waals surface area contributed by atoms with Crippen molar-refractivity contribution in [1.82, 2.24) is 14.6 Å². The van der Waals surface area contributed by atoms with Crippen molar-refractivity contribution in [2.75, 3.05) is 37.8 Å². The van der Waals surface area contributed by atoms with Gasteiger partial charge in [-0.3, -0.25) is 4.79 Å². The second-order valence-electron chi connectivity index (χ2n) is 6.17. The molecule has 2 fully saturated rings. The zero-order valence-corrected chi connectivity index (χ0v) is 14.0.